The molecule has 0 spiro atoms. The Labute approximate surface area is 118 Å². The van der Waals surface area contributed by atoms with Crippen molar-refractivity contribution in [1.29, 1.82) is 0 Å². The summed E-state index contributed by atoms with van der Waals surface area (Å²) < 4.78 is 22.9. The number of primary sulfonamides is 1. The Morgan fingerprint density at radius 2 is 1.75 bits per heavy atom. The van der Waals surface area contributed by atoms with Crippen LogP contribution in [-0.4, -0.2) is 8.42 Å². The molecular formula is C14H17N3O2S. The summed E-state index contributed by atoms with van der Waals surface area (Å²) in [5.41, 5.74) is 9.58. The van der Waals surface area contributed by atoms with Crippen molar-refractivity contribution in [3.63, 3.8) is 0 Å². The lowest BCUT2D eigenvalue weighted by Gasteiger charge is -2.14. The number of hydrogen-bond acceptors (Lipinski definition) is 4. The molecule has 0 fully saturated rings. The van der Waals surface area contributed by atoms with Gasteiger partial charge in [-0.25, -0.2) is 13.6 Å². The van der Waals surface area contributed by atoms with Crippen molar-refractivity contribution >= 4 is 27.1 Å². The molecule has 5 nitrogen and oxygen atoms in total. The van der Waals surface area contributed by atoms with Crippen LogP contribution in [0.4, 0.5) is 17.1 Å². The number of benzene rings is 2. The summed E-state index contributed by atoms with van der Waals surface area (Å²) in [5.74, 6) is 0. The third-order valence-electron chi connectivity index (χ3n) is 3.02. The fourth-order valence-corrected chi connectivity index (χ4v) is 2.68. The van der Waals surface area contributed by atoms with Gasteiger partial charge in [-0.3, -0.25) is 0 Å². The van der Waals surface area contributed by atoms with Crippen LogP contribution in [0.3, 0.4) is 0 Å². The molecule has 0 aliphatic rings. The molecule has 0 amide bonds. The summed E-state index contributed by atoms with van der Waals surface area (Å²) in [6, 6.07) is 10.6. The highest BCUT2D eigenvalue weighted by atomic mass is 32.2. The van der Waals surface area contributed by atoms with Gasteiger partial charge in [0.25, 0.3) is 0 Å². The first-order chi connectivity index (χ1) is 9.29. The molecule has 106 valence electrons. The zero-order valence-corrected chi connectivity index (χ0v) is 12.2. The van der Waals surface area contributed by atoms with E-state index in [1.165, 1.54) is 6.07 Å². The Morgan fingerprint density at radius 1 is 1.05 bits per heavy atom. The van der Waals surface area contributed by atoms with Gasteiger partial charge in [0, 0.05) is 5.69 Å². The minimum absolute atomic E-state index is 0.0766. The SMILES string of the molecule is Cc1ccc(Nc2cccc(S(N)(=O)=O)c2N)c(C)c1. The molecule has 6 heteroatoms. The summed E-state index contributed by atoms with van der Waals surface area (Å²) in [5, 5.41) is 8.27. The first-order valence-corrected chi connectivity index (χ1v) is 7.59. The highest BCUT2D eigenvalue weighted by Gasteiger charge is 2.15. The number of anilines is 3. The van der Waals surface area contributed by atoms with Crippen LogP contribution in [0.1, 0.15) is 11.1 Å². The number of aryl methyl sites for hydroxylation is 2. The highest BCUT2D eigenvalue weighted by Crippen LogP contribution is 2.29. The van der Waals surface area contributed by atoms with Crippen LogP contribution in [0.15, 0.2) is 41.3 Å². The molecule has 0 atom stereocenters. The number of nitrogen functional groups attached to an aromatic ring is 1. The summed E-state index contributed by atoms with van der Waals surface area (Å²) in [6.07, 6.45) is 0. The van der Waals surface area contributed by atoms with E-state index in [2.05, 4.69) is 5.32 Å². The molecular weight excluding hydrogens is 274 g/mol. The Kier molecular flexibility index (Phi) is 3.69. The summed E-state index contributed by atoms with van der Waals surface area (Å²) in [4.78, 5) is -0.0766. The number of rotatable bonds is 3. The lowest BCUT2D eigenvalue weighted by atomic mass is 10.1. The largest absolute Gasteiger partial charge is 0.396 e. The second-order valence-corrected chi connectivity index (χ2v) is 6.24. The fourth-order valence-electron chi connectivity index (χ4n) is 2.00. The van der Waals surface area contributed by atoms with Gasteiger partial charge < -0.3 is 11.1 Å². The highest BCUT2D eigenvalue weighted by molar-refractivity contribution is 7.89. The molecule has 0 radical (unpaired) electrons. The third kappa shape index (κ3) is 2.92. The molecule has 0 saturated carbocycles. The Balaban J connectivity index is 2.45. The number of sulfonamides is 1. The zero-order valence-electron chi connectivity index (χ0n) is 11.3. The van der Waals surface area contributed by atoms with Gasteiger partial charge in [0.05, 0.1) is 11.4 Å². The molecule has 0 saturated heterocycles. The van der Waals surface area contributed by atoms with Gasteiger partial charge in [-0.1, -0.05) is 23.8 Å². The Morgan fingerprint density at radius 3 is 2.35 bits per heavy atom. The normalized spacial score (nSPS) is 11.3. The molecule has 20 heavy (non-hydrogen) atoms. The van der Waals surface area contributed by atoms with Crippen LogP contribution in [0.2, 0.25) is 0 Å². The summed E-state index contributed by atoms with van der Waals surface area (Å²) in [7, 11) is -3.83. The number of para-hydroxylation sites is 1. The number of nitrogens with two attached hydrogens (primary N) is 2. The van der Waals surface area contributed by atoms with Crippen molar-refractivity contribution in [2.24, 2.45) is 5.14 Å². The molecule has 0 unspecified atom stereocenters. The average molecular weight is 291 g/mol. The monoisotopic (exact) mass is 291 g/mol. The lowest BCUT2D eigenvalue weighted by molar-refractivity contribution is 0.598. The molecule has 0 bridgehead atoms. The maximum absolute atomic E-state index is 11.4. The van der Waals surface area contributed by atoms with Crippen LogP contribution in [-0.2, 0) is 10.0 Å². The standard InChI is InChI=1S/C14H17N3O2S/c1-9-6-7-11(10(2)8-9)17-12-4-3-5-13(14(12)15)20(16,18)19/h3-8,17H,15H2,1-2H3,(H2,16,18,19). The van der Waals surface area contributed by atoms with Gasteiger partial charge >= 0.3 is 0 Å². The molecule has 0 heterocycles. The zero-order chi connectivity index (χ0) is 14.9. The first-order valence-electron chi connectivity index (χ1n) is 6.04. The van der Waals surface area contributed by atoms with Gasteiger partial charge in [0.1, 0.15) is 4.90 Å². The molecule has 0 aliphatic carbocycles. The van der Waals surface area contributed by atoms with Crippen molar-refractivity contribution in [3.05, 3.63) is 47.5 Å². The predicted octanol–water partition coefficient (Wildman–Crippen LogP) is 2.28. The minimum Gasteiger partial charge on any atom is -0.396 e. The average Bonchev–Trinajstić information content (AvgIpc) is 2.33. The molecule has 0 aliphatic heterocycles. The second kappa shape index (κ2) is 5.15. The van der Waals surface area contributed by atoms with Crippen molar-refractivity contribution in [1.82, 2.24) is 0 Å². The van der Waals surface area contributed by atoms with E-state index in [1.807, 2.05) is 32.0 Å². The second-order valence-electron chi connectivity index (χ2n) is 4.71. The van der Waals surface area contributed by atoms with Gasteiger partial charge in [-0.2, -0.15) is 0 Å². The van der Waals surface area contributed by atoms with E-state index in [0.717, 1.165) is 16.8 Å². The van der Waals surface area contributed by atoms with Gasteiger partial charge in [0.2, 0.25) is 10.0 Å². The van der Waals surface area contributed by atoms with E-state index >= 15 is 0 Å². The predicted molar refractivity (Wildman–Crippen MR) is 81.4 cm³/mol. The first kappa shape index (κ1) is 14.4. The molecule has 2 aromatic carbocycles. The quantitative estimate of drug-likeness (QED) is 0.755. The number of nitrogens with one attached hydrogen (secondary N) is 1. The summed E-state index contributed by atoms with van der Waals surface area (Å²) >= 11 is 0. The number of hydrogen-bond donors (Lipinski definition) is 3. The van der Waals surface area contributed by atoms with Crippen LogP contribution in [0.25, 0.3) is 0 Å². The smallest absolute Gasteiger partial charge is 0.240 e. The molecule has 0 aromatic heterocycles. The minimum atomic E-state index is -3.83. The van der Waals surface area contributed by atoms with E-state index in [9.17, 15) is 8.42 Å². The third-order valence-corrected chi connectivity index (χ3v) is 3.99. The Hall–Kier alpha value is -2.05. The van der Waals surface area contributed by atoms with E-state index in [4.69, 9.17) is 10.9 Å². The molecule has 2 aromatic rings. The van der Waals surface area contributed by atoms with Crippen LogP contribution >= 0.6 is 0 Å². The van der Waals surface area contributed by atoms with Crippen molar-refractivity contribution < 1.29 is 8.42 Å². The molecule has 5 N–H and O–H groups in total. The van der Waals surface area contributed by atoms with Gasteiger partial charge in [-0.15, -0.1) is 0 Å². The van der Waals surface area contributed by atoms with Crippen LogP contribution in [0, 0.1) is 13.8 Å². The fraction of sp³-hybridized carbons (Fsp3) is 0.143. The van der Waals surface area contributed by atoms with E-state index in [-0.39, 0.29) is 10.6 Å². The van der Waals surface area contributed by atoms with Crippen LogP contribution in [0.5, 0.6) is 0 Å². The maximum atomic E-state index is 11.4. The van der Waals surface area contributed by atoms with Gasteiger partial charge in [-0.05, 0) is 37.6 Å². The van der Waals surface area contributed by atoms with Crippen LogP contribution < -0.4 is 16.2 Å². The summed E-state index contributed by atoms with van der Waals surface area (Å²) in [6.45, 7) is 3.97. The van der Waals surface area contributed by atoms with E-state index in [0.29, 0.717) is 5.69 Å². The Bertz CT molecular complexity index is 755. The topological polar surface area (TPSA) is 98.2 Å². The lowest BCUT2D eigenvalue weighted by Crippen LogP contribution is -2.15. The van der Waals surface area contributed by atoms with Crippen molar-refractivity contribution in [2.75, 3.05) is 11.1 Å². The maximum Gasteiger partial charge on any atom is 0.240 e. The van der Waals surface area contributed by atoms with Crippen molar-refractivity contribution in [2.45, 2.75) is 18.7 Å². The van der Waals surface area contributed by atoms with Crippen molar-refractivity contribution in [3.8, 4) is 0 Å². The van der Waals surface area contributed by atoms with E-state index < -0.39 is 10.0 Å². The van der Waals surface area contributed by atoms with Gasteiger partial charge in [0.15, 0.2) is 0 Å². The van der Waals surface area contributed by atoms with E-state index in [1.54, 1.807) is 12.1 Å². The molecule has 2 rings (SSSR count).